The molecule has 0 saturated heterocycles. The van der Waals surface area contributed by atoms with Crippen molar-refractivity contribution in [3.8, 4) is 11.5 Å². The maximum Gasteiger partial charge on any atom is 0.324 e. The van der Waals surface area contributed by atoms with Gasteiger partial charge in [0, 0.05) is 30.1 Å². The molecular weight excluding hydrogens is 294 g/mol. The molecule has 2 rings (SSSR count). The standard InChI is InChI=1S/C14H14ClN3O3/c1-20-11-5-10(6-12(7-11)21-2)17-14(19)18-13-4-3-9(15)8-16-13/h3-8H,1-2H3,(H2,16,17,18,19). The molecule has 1 heterocycles. The first kappa shape index (κ1) is 14.9. The van der Waals surface area contributed by atoms with Gasteiger partial charge >= 0.3 is 6.03 Å². The van der Waals surface area contributed by atoms with E-state index in [9.17, 15) is 4.79 Å². The van der Waals surface area contributed by atoms with Gasteiger partial charge in [-0.15, -0.1) is 0 Å². The normalized spacial score (nSPS) is 9.86. The van der Waals surface area contributed by atoms with Crippen LogP contribution in [0.1, 0.15) is 0 Å². The number of benzene rings is 1. The second kappa shape index (κ2) is 6.81. The number of amides is 2. The van der Waals surface area contributed by atoms with Crippen LogP contribution in [0.4, 0.5) is 16.3 Å². The Bertz CT molecular complexity index is 610. The number of rotatable bonds is 4. The zero-order valence-electron chi connectivity index (χ0n) is 11.5. The van der Waals surface area contributed by atoms with Crippen molar-refractivity contribution in [3.63, 3.8) is 0 Å². The molecule has 0 radical (unpaired) electrons. The summed E-state index contributed by atoms with van der Waals surface area (Å²) < 4.78 is 10.3. The fraction of sp³-hybridized carbons (Fsp3) is 0.143. The molecule has 0 spiro atoms. The molecule has 21 heavy (non-hydrogen) atoms. The number of halogens is 1. The summed E-state index contributed by atoms with van der Waals surface area (Å²) >= 11 is 5.73. The largest absolute Gasteiger partial charge is 0.497 e. The van der Waals surface area contributed by atoms with Crippen LogP contribution in [-0.2, 0) is 0 Å². The minimum absolute atomic E-state index is 0.395. The Hall–Kier alpha value is -2.47. The molecule has 0 aliphatic rings. The number of pyridine rings is 1. The highest BCUT2D eigenvalue weighted by molar-refractivity contribution is 6.30. The van der Waals surface area contributed by atoms with Crippen LogP contribution in [0.15, 0.2) is 36.5 Å². The molecule has 0 aliphatic carbocycles. The number of nitrogens with one attached hydrogen (secondary N) is 2. The number of nitrogens with zero attached hydrogens (tertiary/aromatic N) is 1. The highest BCUT2D eigenvalue weighted by Gasteiger charge is 2.07. The predicted molar refractivity (Wildman–Crippen MR) is 81.4 cm³/mol. The number of methoxy groups -OCH3 is 2. The van der Waals surface area contributed by atoms with E-state index in [4.69, 9.17) is 21.1 Å². The minimum Gasteiger partial charge on any atom is -0.497 e. The lowest BCUT2D eigenvalue weighted by Crippen LogP contribution is -2.20. The number of ether oxygens (including phenoxy) is 2. The maximum atomic E-state index is 11.9. The van der Waals surface area contributed by atoms with Crippen molar-refractivity contribution in [1.29, 1.82) is 0 Å². The minimum atomic E-state index is -0.430. The Morgan fingerprint density at radius 1 is 1.10 bits per heavy atom. The Balaban J connectivity index is 2.06. The van der Waals surface area contributed by atoms with E-state index in [2.05, 4.69) is 15.6 Å². The van der Waals surface area contributed by atoms with Gasteiger partial charge < -0.3 is 14.8 Å². The van der Waals surface area contributed by atoms with Crippen LogP contribution in [0, 0.1) is 0 Å². The maximum absolute atomic E-state index is 11.9. The molecular formula is C14H14ClN3O3. The molecule has 110 valence electrons. The number of hydrogen-bond acceptors (Lipinski definition) is 4. The topological polar surface area (TPSA) is 72.5 Å². The Morgan fingerprint density at radius 2 is 1.76 bits per heavy atom. The lowest BCUT2D eigenvalue weighted by atomic mass is 10.3. The number of urea groups is 1. The Morgan fingerprint density at radius 3 is 2.29 bits per heavy atom. The van der Waals surface area contributed by atoms with E-state index in [0.717, 1.165) is 0 Å². The van der Waals surface area contributed by atoms with Crippen LogP contribution in [0.25, 0.3) is 0 Å². The lowest BCUT2D eigenvalue weighted by Gasteiger charge is -2.10. The second-order valence-corrected chi connectivity index (χ2v) is 4.48. The number of aromatic nitrogens is 1. The van der Waals surface area contributed by atoms with Gasteiger partial charge in [0.25, 0.3) is 0 Å². The van der Waals surface area contributed by atoms with Crippen molar-refractivity contribution in [2.75, 3.05) is 24.9 Å². The van der Waals surface area contributed by atoms with Crippen molar-refractivity contribution < 1.29 is 14.3 Å². The quantitative estimate of drug-likeness (QED) is 0.908. The molecule has 0 fully saturated rings. The van der Waals surface area contributed by atoms with Gasteiger partial charge in [0.1, 0.15) is 17.3 Å². The van der Waals surface area contributed by atoms with Crippen LogP contribution < -0.4 is 20.1 Å². The summed E-state index contributed by atoms with van der Waals surface area (Å²) in [5.41, 5.74) is 0.540. The monoisotopic (exact) mass is 307 g/mol. The molecule has 2 aromatic rings. The summed E-state index contributed by atoms with van der Waals surface area (Å²) in [6.07, 6.45) is 1.45. The molecule has 1 aromatic heterocycles. The third-order valence-corrected chi connectivity index (χ3v) is 2.80. The predicted octanol–water partition coefficient (Wildman–Crippen LogP) is 3.40. The van der Waals surface area contributed by atoms with Crippen molar-refractivity contribution >= 4 is 29.1 Å². The fourth-order valence-corrected chi connectivity index (χ4v) is 1.72. The first-order valence-corrected chi connectivity index (χ1v) is 6.41. The summed E-state index contributed by atoms with van der Waals surface area (Å²) in [4.78, 5) is 15.9. The van der Waals surface area contributed by atoms with Gasteiger partial charge in [0.05, 0.1) is 19.2 Å². The average molecular weight is 308 g/mol. The Kier molecular flexibility index (Phi) is 4.84. The molecule has 0 bridgehead atoms. The zero-order valence-corrected chi connectivity index (χ0v) is 12.3. The van der Waals surface area contributed by atoms with Crippen LogP contribution in [0.3, 0.4) is 0 Å². The Labute approximate surface area is 127 Å². The van der Waals surface area contributed by atoms with E-state index in [1.807, 2.05) is 0 Å². The average Bonchev–Trinajstić information content (AvgIpc) is 2.49. The summed E-state index contributed by atoms with van der Waals surface area (Å²) in [6.45, 7) is 0. The van der Waals surface area contributed by atoms with E-state index in [1.54, 1.807) is 30.3 Å². The van der Waals surface area contributed by atoms with Crippen molar-refractivity contribution in [3.05, 3.63) is 41.6 Å². The van der Waals surface area contributed by atoms with Crippen molar-refractivity contribution in [2.45, 2.75) is 0 Å². The molecule has 6 nitrogen and oxygen atoms in total. The SMILES string of the molecule is COc1cc(NC(=O)Nc2ccc(Cl)cn2)cc(OC)c1. The number of carbonyl (C=O) groups is 1. The van der Waals surface area contributed by atoms with Crippen LogP contribution >= 0.6 is 11.6 Å². The van der Waals surface area contributed by atoms with Gasteiger partial charge in [-0.05, 0) is 12.1 Å². The number of anilines is 2. The van der Waals surface area contributed by atoms with Gasteiger partial charge in [0.15, 0.2) is 0 Å². The van der Waals surface area contributed by atoms with Crippen LogP contribution in [0.2, 0.25) is 5.02 Å². The highest BCUT2D eigenvalue weighted by Crippen LogP contribution is 2.25. The molecule has 0 aliphatic heterocycles. The van der Waals surface area contributed by atoms with E-state index in [0.29, 0.717) is 28.0 Å². The summed E-state index contributed by atoms with van der Waals surface area (Å²) in [6, 6.07) is 7.88. The van der Waals surface area contributed by atoms with Crippen LogP contribution in [-0.4, -0.2) is 25.2 Å². The van der Waals surface area contributed by atoms with Crippen molar-refractivity contribution in [2.24, 2.45) is 0 Å². The summed E-state index contributed by atoms with van der Waals surface area (Å²) in [5.74, 6) is 1.55. The number of hydrogen-bond donors (Lipinski definition) is 2. The third kappa shape index (κ3) is 4.25. The van der Waals surface area contributed by atoms with E-state index in [-0.39, 0.29) is 0 Å². The van der Waals surface area contributed by atoms with Gasteiger partial charge in [-0.3, -0.25) is 5.32 Å². The van der Waals surface area contributed by atoms with Crippen molar-refractivity contribution in [1.82, 2.24) is 4.98 Å². The van der Waals surface area contributed by atoms with E-state index >= 15 is 0 Å². The van der Waals surface area contributed by atoms with E-state index in [1.165, 1.54) is 20.4 Å². The molecule has 0 saturated carbocycles. The molecule has 2 N–H and O–H groups in total. The molecule has 1 aromatic carbocycles. The molecule has 7 heteroatoms. The summed E-state index contributed by atoms with van der Waals surface area (Å²) in [7, 11) is 3.08. The molecule has 0 unspecified atom stereocenters. The number of carbonyl (C=O) groups excluding carboxylic acids is 1. The molecule has 2 amide bonds. The zero-order chi connectivity index (χ0) is 15.2. The first-order chi connectivity index (χ1) is 10.1. The van der Waals surface area contributed by atoms with E-state index < -0.39 is 6.03 Å². The smallest absolute Gasteiger partial charge is 0.324 e. The van der Waals surface area contributed by atoms with Crippen LogP contribution in [0.5, 0.6) is 11.5 Å². The lowest BCUT2D eigenvalue weighted by molar-refractivity contribution is 0.262. The van der Waals surface area contributed by atoms with Gasteiger partial charge in [-0.25, -0.2) is 9.78 Å². The van der Waals surface area contributed by atoms with Gasteiger partial charge in [0.2, 0.25) is 0 Å². The summed E-state index contributed by atoms with van der Waals surface area (Å²) in [5, 5.41) is 5.76. The molecule has 0 atom stereocenters. The van der Waals surface area contributed by atoms with Gasteiger partial charge in [-0.2, -0.15) is 0 Å². The van der Waals surface area contributed by atoms with Gasteiger partial charge in [-0.1, -0.05) is 11.6 Å². The highest BCUT2D eigenvalue weighted by atomic mass is 35.5. The second-order valence-electron chi connectivity index (χ2n) is 4.04. The first-order valence-electron chi connectivity index (χ1n) is 6.03. The fourth-order valence-electron chi connectivity index (χ4n) is 1.61. The third-order valence-electron chi connectivity index (χ3n) is 2.58.